The van der Waals surface area contributed by atoms with E-state index in [2.05, 4.69) is 22.8 Å². The fourth-order valence-corrected chi connectivity index (χ4v) is 4.15. The molecule has 0 radical (unpaired) electrons. The molecule has 0 heterocycles. The van der Waals surface area contributed by atoms with Crippen molar-refractivity contribution in [2.45, 2.75) is 25.3 Å². The highest BCUT2D eigenvalue weighted by Crippen LogP contribution is 2.44. The Hall–Kier alpha value is -4.13. The Balaban J connectivity index is 1.32. The zero-order valence-electron chi connectivity index (χ0n) is 18.1. The second-order valence-corrected chi connectivity index (χ2v) is 7.97. The summed E-state index contributed by atoms with van der Waals surface area (Å²) < 4.78 is 5.50. The van der Waals surface area contributed by atoms with E-state index < -0.39 is 24.0 Å². The van der Waals surface area contributed by atoms with Gasteiger partial charge in [-0.25, -0.2) is 9.59 Å². The molecule has 2 amide bonds. The highest BCUT2D eigenvalue weighted by Gasteiger charge is 2.29. The fraction of sp³-hybridized carbons (Fsp3) is 0.192. The van der Waals surface area contributed by atoms with Crippen LogP contribution in [0, 0.1) is 0 Å². The molecule has 0 spiro atoms. The van der Waals surface area contributed by atoms with E-state index in [9.17, 15) is 19.5 Å². The van der Waals surface area contributed by atoms with E-state index in [1.807, 2.05) is 36.4 Å². The predicted octanol–water partition coefficient (Wildman–Crippen LogP) is 4.64. The maximum Gasteiger partial charge on any atom is 0.407 e. The average Bonchev–Trinajstić information content (AvgIpc) is 3.11. The summed E-state index contributed by atoms with van der Waals surface area (Å²) in [5.74, 6) is -1.58. The number of benzene rings is 3. The maximum atomic E-state index is 12.4. The molecule has 0 saturated carbocycles. The van der Waals surface area contributed by atoms with Crippen LogP contribution in [0.1, 0.15) is 40.7 Å². The van der Waals surface area contributed by atoms with Crippen molar-refractivity contribution in [1.82, 2.24) is 5.32 Å². The molecule has 1 atom stereocenters. The number of alkyl carbamates (subject to hydrolysis) is 1. The number of rotatable bonds is 7. The normalized spacial score (nSPS) is 12.9. The molecule has 4 rings (SSSR count). The second-order valence-electron chi connectivity index (χ2n) is 7.97. The Kier molecular flexibility index (Phi) is 6.40. The predicted molar refractivity (Wildman–Crippen MR) is 124 cm³/mol. The number of aromatic carboxylic acids is 1. The Bertz CT molecular complexity index is 1160. The Morgan fingerprint density at radius 1 is 0.909 bits per heavy atom. The van der Waals surface area contributed by atoms with Crippen molar-refractivity contribution in [3.8, 4) is 11.1 Å². The standard InChI is InChI=1S/C26H24N2O5/c1-16(14-24(29)28-23-13-7-6-12-21(23)25(30)31)27-26(32)33-15-22-19-10-4-2-8-17(19)18-9-3-5-11-20(18)22/h2-13,16,22H,14-15H2,1H3,(H,27,32)(H,28,29)(H,30,31)/t16-/m0/s1. The molecule has 7 nitrogen and oxygen atoms in total. The summed E-state index contributed by atoms with van der Waals surface area (Å²) in [5, 5.41) is 14.5. The summed E-state index contributed by atoms with van der Waals surface area (Å²) in [7, 11) is 0. The fourth-order valence-electron chi connectivity index (χ4n) is 4.15. The first-order valence-electron chi connectivity index (χ1n) is 10.7. The van der Waals surface area contributed by atoms with Gasteiger partial charge in [-0.1, -0.05) is 60.7 Å². The van der Waals surface area contributed by atoms with Crippen molar-refractivity contribution in [2.75, 3.05) is 11.9 Å². The lowest BCUT2D eigenvalue weighted by Crippen LogP contribution is -2.36. The third-order valence-electron chi connectivity index (χ3n) is 5.63. The maximum absolute atomic E-state index is 12.4. The molecule has 1 aliphatic rings. The molecule has 3 aromatic rings. The average molecular weight is 444 g/mol. The summed E-state index contributed by atoms with van der Waals surface area (Å²) in [5.41, 5.74) is 4.75. The van der Waals surface area contributed by atoms with Crippen LogP contribution in [0.4, 0.5) is 10.5 Å². The third-order valence-corrected chi connectivity index (χ3v) is 5.63. The lowest BCUT2D eigenvalue weighted by molar-refractivity contribution is -0.116. The summed E-state index contributed by atoms with van der Waals surface area (Å²) >= 11 is 0. The largest absolute Gasteiger partial charge is 0.478 e. The number of anilines is 1. The van der Waals surface area contributed by atoms with E-state index in [-0.39, 0.29) is 30.2 Å². The first kappa shape index (κ1) is 22.1. The Morgan fingerprint density at radius 3 is 2.12 bits per heavy atom. The minimum Gasteiger partial charge on any atom is -0.478 e. The van der Waals surface area contributed by atoms with Crippen LogP contribution >= 0.6 is 0 Å². The van der Waals surface area contributed by atoms with Gasteiger partial charge in [-0.3, -0.25) is 4.79 Å². The number of carbonyl (C=O) groups excluding carboxylic acids is 2. The molecule has 7 heteroatoms. The van der Waals surface area contributed by atoms with Crippen molar-refractivity contribution < 1.29 is 24.2 Å². The third kappa shape index (κ3) is 4.87. The minimum atomic E-state index is -1.13. The molecule has 0 unspecified atom stereocenters. The van der Waals surface area contributed by atoms with Crippen LogP contribution < -0.4 is 10.6 Å². The Morgan fingerprint density at radius 2 is 1.48 bits per heavy atom. The lowest BCUT2D eigenvalue weighted by Gasteiger charge is -2.17. The highest BCUT2D eigenvalue weighted by atomic mass is 16.5. The molecule has 1 aliphatic carbocycles. The van der Waals surface area contributed by atoms with Crippen molar-refractivity contribution in [3.63, 3.8) is 0 Å². The van der Waals surface area contributed by atoms with Gasteiger partial charge in [-0.05, 0) is 41.3 Å². The van der Waals surface area contributed by atoms with Crippen molar-refractivity contribution in [3.05, 3.63) is 89.5 Å². The number of carbonyl (C=O) groups is 3. The highest BCUT2D eigenvalue weighted by molar-refractivity contribution is 6.00. The number of nitrogens with one attached hydrogen (secondary N) is 2. The quantitative estimate of drug-likeness (QED) is 0.492. The molecule has 0 saturated heterocycles. The van der Waals surface area contributed by atoms with Gasteiger partial charge in [-0.15, -0.1) is 0 Å². The van der Waals surface area contributed by atoms with Gasteiger partial charge in [-0.2, -0.15) is 0 Å². The smallest absolute Gasteiger partial charge is 0.407 e. The zero-order chi connectivity index (χ0) is 23.4. The summed E-state index contributed by atoms with van der Waals surface area (Å²) in [4.78, 5) is 36.0. The van der Waals surface area contributed by atoms with Crippen LogP contribution in [-0.4, -0.2) is 35.7 Å². The summed E-state index contributed by atoms with van der Waals surface area (Å²) in [6, 6.07) is 21.8. The van der Waals surface area contributed by atoms with Crippen LogP contribution in [0.15, 0.2) is 72.8 Å². The summed E-state index contributed by atoms with van der Waals surface area (Å²) in [6.07, 6.45) is -0.638. The number of carboxylic acid groups (broad SMARTS) is 1. The van der Waals surface area contributed by atoms with E-state index in [4.69, 9.17) is 4.74 Å². The van der Waals surface area contributed by atoms with E-state index in [0.717, 1.165) is 22.3 Å². The molecular formula is C26H24N2O5. The number of para-hydroxylation sites is 1. The van der Waals surface area contributed by atoms with Crippen molar-refractivity contribution in [1.29, 1.82) is 0 Å². The van der Waals surface area contributed by atoms with Crippen molar-refractivity contribution >= 4 is 23.7 Å². The van der Waals surface area contributed by atoms with Gasteiger partial charge < -0.3 is 20.5 Å². The van der Waals surface area contributed by atoms with Crippen LogP contribution in [0.25, 0.3) is 11.1 Å². The number of hydrogen-bond acceptors (Lipinski definition) is 4. The number of carboxylic acids is 1. The molecule has 0 aliphatic heterocycles. The van der Waals surface area contributed by atoms with E-state index in [1.54, 1.807) is 19.1 Å². The molecule has 0 aromatic heterocycles. The van der Waals surface area contributed by atoms with Crippen LogP contribution in [0.3, 0.4) is 0 Å². The zero-order valence-corrected chi connectivity index (χ0v) is 18.1. The van der Waals surface area contributed by atoms with Gasteiger partial charge in [0.15, 0.2) is 0 Å². The molecule has 33 heavy (non-hydrogen) atoms. The molecule has 168 valence electrons. The number of ether oxygens (including phenoxy) is 1. The van der Waals surface area contributed by atoms with Crippen LogP contribution in [0.5, 0.6) is 0 Å². The van der Waals surface area contributed by atoms with Crippen molar-refractivity contribution in [2.24, 2.45) is 0 Å². The first-order valence-corrected chi connectivity index (χ1v) is 10.7. The van der Waals surface area contributed by atoms with E-state index in [0.29, 0.717) is 0 Å². The van der Waals surface area contributed by atoms with Gasteiger partial charge in [0.1, 0.15) is 6.61 Å². The SMILES string of the molecule is C[C@@H](CC(=O)Nc1ccccc1C(=O)O)NC(=O)OCC1c2ccccc2-c2ccccc21. The number of amides is 2. The molecular weight excluding hydrogens is 420 g/mol. The lowest BCUT2D eigenvalue weighted by atomic mass is 9.98. The van der Waals surface area contributed by atoms with E-state index in [1.165, 1.54) is 12.1 Å². The summed E-state index contributed by atoms with van der Waals surface area (Å²) in [6.45, 7) is 1.87. The first-order chi connectivity index (χ1) is 15.9. The molecule has 3 aromatic carbocycles. The number of hydrogen-bond donors (Lipinski definition) is 3. The van der Waals surface area contributed by atoms with Gasteiger partial charge in [0, 0.05) is 18.4 Å². The second kappa shape index (κ2) is 9.56. The molecule has 0 fully saturated rings. The monoisotopic (exact) mass is 444 g/mol. The van der Waals surface area contributed by atoms with Gasteiger partial charge >= 0.3 is 12.1 Å². The van der Waals surface area contributed by atoms with Crippen LogP contribution in [0.2, 0.25) is 0 Å². The van der Waals surface area contributed by atoms with E-state index >= 15 is 0 Å². The molecule has 0 bridgehead atoms. The number of fused-ring (bicyclic) bond motifs is 3. The van der Waals surface area contributed by atoms with Gasteiger partial charge in [0.2, 0.25) is 5.91 Å². The minimum absolute atomic E-state index is 0.00278. The Labute approximate surface area is 191 Å². The van der Waals surface area contributed by atoms with Gasteiger partial charge in [0.25, 0.3) is 0 Å². The molecule has 3 N–H and O–H groups in total. The topological polar surface area (TPSA) is 105 Å². The van der Waals surface area contributed by atoms with Gasteiger partial charge in [0.05, 0.1) is 11.3 Å². The van der Waals surface area contributed by atoms with Crippen LogP contribution in [-0.2, 0) is 9.53 Å².